The summed E-state index contributed by atoms with van der Waals surface area (Å²) in [6.45, 7) is 6.16. The van der Waals surface area contributed by atoms with E-state index >= 15 is 0 Å². The van der Waals surface area contributed by atoms with Crippen molar-refractivity contribution in [3.63, 3.8) is 0 Å². The number of likely N-dealkylation sites (N-methyl/N-ethyl adjacent to an activating group) is 1. The van der Waals surface area contributed by atoms with E-state index in [9.17, 15) is 14.4 Å². The van der Waals surface area contributed by atoms with Crippen LogP contribution < -0.4 is 5.32 Å². The van der Waals surface area contributed by atoms with Crippen LogP contribution >= 0.6 is 0 Å². The SMILES string of the molecule is CCN(CCc1ccncc1)C(=O)/C(C)=C\C(=O)Nc1ccc(C(C)=O)cc1. The molecule has 2 amide bonds. The maximum Gasteiger partial charge on any atom is 0.249 e. The minimum absolute atomic E-state index is 0.0364. The highest BCUT2D eigenvalue weighted by Gasteiger charge is 2.15. The lowest BCUT2D eigenvalue weighted by Gasteiger charge is -2.21. The Morgan fingerprint density at radius 3 is 2.25 bits per heavy atom. The molecule has 1 heterocycles. The van der Waals surface area contributed by atoms with E-state index < -0.39 is 0 Å². The minimum Gasteiger partial charge on any atom is -0.339 e. The number of Topliss-reactive ketones (excluding diaryl/α,β-unsaturated/α-hetero) is 1. The Labute approximate surface area is 165 Å². The van der Waals surface area contributed by atoms with Crippen molar-refractivity contribution in [3.8, 4) is 0 Å². The van der Waals surface area contributed by atoms with Crippen LogP contribution in [0.25, 0.3) is 0 Å². The number of hydrogen-bond donors (Lipinski definition) is 1. The van der Waals surface area contributed by atoms with Gasteiger partial charge in [0.1, 0.15) is 0 Å². The van der Waals surface area contributed by atoms with Crippen molar-refractivity contribution >= 4 is 23.3 Å². The number of rotatable bonds is 8. The molecule has 28 heavy (non-hydrogen) atoms. The molecule has 0 aliphatic heterocycles. The van der Waals surface area contributed by atoms with Crippen LogP contribution in [-0.2, 0) is 16.0 Å². The zero-order valence-corrected chi connectivity index (χ0v) is 16.4. The second-order valence-corrected chi connectivity index (χ2v) is 6.44. The Bertz CT molecular complexity index is 858. The van der Waals surface area contributed by atoms with Gasteiger partial charge in [-0.1, -0.05) is 0 Å². The van der Waals surface area contributed by atoms with Crippen molar-refractivity contribution in [2.75, 3.05) is 18.4 Å². The molecule has 1 aromatic carbocycles. The third kappa shape index (κ3) is 6.16. The van der Waals surface area contributed by atoms with Crippen LogP contribution in [0.1, 0.15) is 36.7 Å². The molecule has 0 aliphatic rings. The molecule has 0 spiro atoms. The topological polar surface area (TPSA) is 79.4 Å². The van der Waals surface area contributed by atoms with E-state index in [1.165, 1.54) is 13.0 Å². The van der Waals surface area contributed by atoms with Gasteiger partial charge in [0.05, 0.1) is 0 Å². The number of hydrogen-bond acceptors (Lipinski definition) is 4. The largest absolute Gasteiger partial charge is 0.339 e. The van der Waals surface area contributed by atoms with Crippen molar-refractivity contribution in [2.24, 2.45) is 0 Å². The average Bonchev–Trinajstić information content (AvgIpc) is 2.69. The minimum atomic E-state index is -0.383. The summed E-state index contributed by atoms with van der Waals surface area (Å²) in [5, 5.41) is 2.70. The Morgan fingerprint density at radius 1 is 1.04 bits per heavy atom. The standard InChI is InChI=1S/C22H25N3O3/c1-4-25(14-11-18-9-12-23-13-10-18)22(28)16(2)15-21(27)24-20-7-5-19(6-8-20)17(3)26/h5-10,12-13,15H,4,11,14H2,1-3H3,(H,24,27)/b16-15-. The summed E-state index contributed by atoms with van der Waals surface area (Å²) in [7, 11) is 0. The van der Waals surface area contributed by atoms with Gasteiger partial charge in [0.15, 0.2) is 5.78 Å². The van der Waals surface area contributed by atoms with Gasteiger partial charge in [-0.25, -0.2) is 0 Å². The van der Waals surface area contributed by atoms with Gasteiger partial charge in [0.25, 0.3) is 0 Å². The molecule has 2 aromatic rings. The summed E-state index contributed by atoms with van der Waals surface area (Å²) >= 11 is 0. The molecular formula is C22H25N3O3. The number of benzene rings is 1. The van der Waals surface area contributed by atoms with Gasteiger partial charge in [-0.05, 0) is 69.2 Å². The quantitative estimate of drug-likeness (QED) is 0.564. The van der Waals surface area contributed by atoms with Gasteiger partial charge in [0.2, 0.25) is 11.8 Å². The number of carbonyl (C=O) groups excluding carboxylic acids is 3. The van der Waals surface area contributed by atoms with Gasteiger partial charge >= 0.3 is 0 Å². The zero-order chi connectivity index (χ0) is 20.5. The van der Waals surface area contributed by atoms with Crippen LogP contribution in [-0.4, -0.2) is 40.6 Å². The molecular weight excluding hydrogens is 354 g/mol. The molecule has 6 nitrogen and oxygen atoms in total. The van der Waals surface area contributed by atoms with Crippen molar-refractivity contribution in [2.45, 2.75) is 27.2 Å². The highest BCUT2D eigenvalue weighted by molar-refractivity contribution is 6.06. The van der Waals surface area contributed by atoms with Crippen LogP contribution in [0.2, 0.25) is 0 Å². The van der Waals surface area contributed by atoms with Crippen LogP contribution in [0, 0.1) is 0 Å². The van der Waals surface area contributed by atoms with E-state index in [1.807, 2.05) is 19.1 Å². The summed E-state index contributed by atoms with van der Waals surface area (Å²) in [6, 6.07) is 10.5. The van der Waals surface area contributed by atoms with Crippen molar-refractivity contribution in [1.82, 2.24) is 9.88 Å². The van der Waals surface area contributed by atoms with Crippen LogP contribution in [0.4, 0.5) is 5.69 Å². The summed E-state index contributed by atoms with van der Waals surface area (Å²) < 4.78 is 0. The molecule has 1 aromatic heterocycles. The van der Waals surface area contributed by atoms with Gasteiger partial charge < -0.3 is 10.2 Å². The zero-order valence-electron chi connectivity index (χ0n) is 16.4. The summed E-state index contributed by atoms with van der Waals surface area (Å²) in [5.41, 5.74) is 2.62. The summed E-state index contributed by atoms with van der Waals surface area (Å²) in [6.07, 6.45) is 5.48. The second-order valence-electron chi connectivity index (χ2n) is 6.44. The van der Waals surface area contributed by atoms with Gasteiger partial charge in [-0.15, -0.1) is 0 Å². The van der Waals surface area contributed by atoms with Crippen molar-refractivity contribution in [3.05, 3.63) is 71.6 Å². The normalized spacial score (nSPS) is 11.0. The molecule has 0 saturated heterocycles. The van der Waals surface area contributed by atoms with Gasteiger partial charge in [-0.3, -0.25) is 19.4 Å². The van der Waals surface area contributed by atoms with Crippen molar-refractivity contribution in [1.29, 1.82) is 0 Å². The van der Waals surface area contributed by atoms with E-state index in [0.717, 1.165) is 12.0 Å². The van der Waals surface area contributed by atoms with Gasteiger partial charge in [-0.2, -0.15) is 0 Å². The Balaban J connectivity index is 1.96. The first kappa shape index (κ1) is 21.0. The number of carbonyl (C=O) groups is 3. The van der Waals surface area contributed by atoms with E-state index in [-0.39, 0.29) is 17.6 Å². The fraction of sp³-hybridized carbons (Fsp3) is 0.273. The fourth-order valence-corrected chi connectivity index (χ4v) is 2.69. The van der Waals surface area contributed by atoms with E-state index in [0.29, 0.717) is 29.9 Å². The van der Waals surface area contributed by atoms with Crippen LogP contribution in [0.15, 0.2) is 60.4 Å². The number of nitrogens with one attached hydrogen (secondary N) is 1. The maximum atomic E-state index is 12.6. The Kier molecular flexibility index (Phi) is 7.63. The van der Waals surface area contributed by atoms with E-state index in [4.69, 9.17) is 0 Å². The Morgan fingerprint density at radius 2 is 1.68 bits per heavy atom. The second kappa shape index (κ2) is 10.2. The Hall–Kier alpha value is -3.28. The number of pyridine rings is 1. The molecule has 1 N–H and O–H groups in total. The van der Waals surface area contributed by atoms with Gasteiger partial charge in [0, 0.05) is 48.4 Å². The molecule has 0 unspecified atom stereocenters. The third-order valence-corrected chi connectivity index (χ3v) is 4.33. The molecule has 0 radical (unpaired) electrons. The predicted octanol–water partition coefficient (Wildman–Crippen LogP) is 3.26. The number of ketones is 1. The predicted molar refractivity (Wildman–Crippen MR) is 109 cm³/mol. The number of aromatic nitrogens is 1. The molecule has 2 rings (SSSR count). The average molecular weight is 379 g/mol. The van der Waals surface area contributed by atoms with Crippen LogP contribution in [0.5, 0.6) is 0 Å². The highest BCUT2D eigenvalue weighted by Crippen LogP contribution is 2.11. The van der Waals surface area contributed by atoms with E-state index in [1.54, 1.807) is 48.5 Å². The first-order valence-electron chi connectivity index (χ1n) is 9.19. The molecule has 0 aliphatic carbocycles. The first-order valence-corrected chi connectivity index (χ1v) is 9.19. The van der Waals surface area contributed by atoms with Crippen LogP contribution in [0.3, 0.4) is 0 Å². The molecule has 0 atom stereocenters. The molecule has 0 saturated carbocycles. The first-order chi connectivity index (χ1) is 13.4. The summed E-state index contributed by atoms with van der Waals surface area (Å²) in [5.74, 6) is -0.587. The number of amides is 2. The molecule has 0 bridgehead atoms. The van der Waals surface area contributed by atoms with Crippen molar-refractivity contribution < 1.29 is 14.4 Å². The monoisotopic (exact) mass is 379 g/mol. The molecule has 6 heteroatoms. The third-order valence-electron chi connectivity index (χ3n) is 4.33. The molecule has 146 valence electrons. The lowest BCUT2D eigenvalue weighted by Crippen LogP contribution is -2.33. The van der Waals surface area contributed by atoms with E-state index in [2.05, 4.69) is 10.3 Å². The summed E-state index contributed by atoms with van der Waals surface area (Å²) in [4.78, 5) is 41.8. The fourth-order valence-electron chi connectivity index (χ4n) is 2.69. The lowest BCUT2D eigenvalue weighted by molar-refractivity contribution is -0.127. The smallest absolute Gasteiger partial charge is 0.249 e. The number of nitrogens with zero attached hydrogens (tertiary/aromatic N) is 2. The number of anilines is 1. The molecule has 0 fully saturated rings. The highest BCUT2D eigenvalue weighted by atomic mass is 16.2. The lowest BCUT2D eigenvalue weighted by atomic mass is 10.1. The maximum absolute atomic E-state index is 12.6.